The summed E-state index contributed by atoms with van der Waals surface area (Å²) in [6.07, 6.45) is 5.50. The number of aromatic nitrogens is 2. The van der Waals surface area contributed by atoms with Gasteiger partial charge in [0.1, 0.15) is 11.6 Å². The van der Waals surface area contributed by atoms with Crippen molar-refractivity contribution in [2.45, 2.75) is 32.1 Å². The van der Waals surface area contributed by atoms with Gasteiger partial charge in [0.15, 0.2) is 0 Å². The maximum atomic E-state index is 13.7. The number of benzene rings is 1. The Kier molecular flexibility index (Phi) is 3.72. The van der Waals surface area contributed by atoms with Gasteiger partial charge < -0.3 is 0 Å². The lowest BCUT2D eigenvalue weighted by Crippen LogP contribution is -2.28. The molecule has 6 heteroatoms. The molecule has 106 valence electrons. The van der Waals surface area contributed by atoms with Crippen molar-refractivity contribution in [3.63, 3.8) is 0 Å². The Bertz CT molecular complexity index is 610. The highest BCUT2D eigenvalue weighted by Crippen LogP contribution is 2.29. The van der Waals surface area contributed by atoms with Crippen LogP contribution < -0.4 is 0 Å². The Morgan fingerprint density at radius 2 is 2.15 bits per heavy atom. The van der Waals surface area contributed by atoms with E-state index in [0.717, 1.165) is 18.9 Å². The molecule has 1 aromatic heterocycles. The first-order valence-corrected chi connectivity index (χ1v) is 6.85. The molecule has 0 amide bonds. The van der Waals surface area contributed by atoms with Crippen LogP contribution in [0.3, 0.4) is 0 Å². The predicted octanol–water partition coefficient (Wildman–Crippen LogP) is 3.44. The van der Waals surface area contributed by atoms with Crippen molar-refractivity contribution >= 4 is 11.6 Å². The summed E-state index contributed by atoms with van der Waals surface area (Å²) in [5.74, 6) is -1.06. The second kappa shape index (κ2) is 5.50. The topological polar surface area (TPSA) is 21.1 Å². The number of hydrogen-bond donors (Lipinski definition) is 0. The largest absolute Gasteiger partial charge is 0.277 e. The second-order valence-corrected chi connectivity index (χ2v) is 5.49. The van der Waals surface area contributed by atoms with E-state index in [-0.39, 0.29) is 0 Å². The van der Waals surface area contributed by atoms with E-state index in [4.69, 9.17) is 11.6 Å². The van der Waals surface area contributed by atoms with Crippen LogP contribution >= 0.6 is 11.6 Å². The molecule has 0 saturated heterocycles. The van der Waals surface area contributed by atoms with Gasteiger partial charge in [0.25, 0.3) is 0 Å². The van der Waals surface area contributed by atoms with Gasteiger partial charge in [-0.1, -0.05) is 17.7 Å². The van der Waals surface area contributed by atoms with E-state index < -0.39 is 11.6 Å². The van der Waals surface area contributed by atoms with E-state index in [2.05, 4.69) is 10.00 Å². The minimum atomic E-state index is -0.553. The van der Waals surface area contributed by atoms with Crippen LogP contribution in [0, 0.1) is 11.6 Å². The molecule has 2 aromatic rings. The number of rotatable bonds is 5. The number of nitrogens with zero attached hydrogens (tertiary/aromatic N) is 3. The lowest BCUT2D eigenvalue weighted by Gasteiger charge is -2.22. The van der Waals surface area contributed by atoms with Crippen molar-refractivity contribution in [2.75, 3.05) is 0 Å². The molecule has 1 aliphatic rings. The maximum Gasteiger partial charge on any atom is 0.130 e. The Labute approximate surface area is 120 Å². The number of hydrogen-bond acceptors (Lipinski definition) is 2. The third-order valence-corrected chi connectivity index (χ3v) is 3.58. The Morgan fingerprint density at radius 3 is 2.75 bits per heavy atom. The van der Waals surface area contributed by atoms with Gasteiger partial charge in [-0.25, -0.2) is 8.78 Å². The van der Waals surface area contributed by atoms with Gasteiger partial charge >= 0.3 is 0 Å². The first kappa shape index (κ1) is 13.5. The first-order chi connectivity index (χ1) is 9.61. The van der Waals surface area contributed by atoms with Crippen LogP contribution in [0.1, 0.15) is 18.4 Å². The van der Waals surface area contributed by atoms with Crippen molar-refractivity contribution in [1.82, 2.24) is 14.7 Å². The summed E-state index contributed by atoms with van der Waals surface area (Å²) in [6, 6.07) is 4.14. The van der Waals surface area contributed by atoms with Gasteiger partial charge in [-0.05, 0) is 18.9 Å². The quantitative estimate of drug-likeness (QED) is 0.843. The van der Waals surface area contributed by atoms with Crippen molar-refractivity contribution in [1.29, 1.82) is 0 Å². The fourth-order valence-corrected chi connectivity index (χ4v) is 2.36. The molecule has 20 heavy (non-hydrogen) atoms. The minimum Gasteiger partial charge on any atom is -0.277 e. The normalized spacial score (nSPS) is 15.0. The molecule has 0 spiro atoms. The molecule has 0 unspecified atom stereocenters. The molecule has 1 aromatic carbocycles. The zero-order valence-corrected chi connectivity index (χ0v) is 11.5. The monoisotopic (exact) mass is 297 g/mol. The van der Waals surface area contributed by atoms with E-state index >= 15 is 0 Å². The van der Waals surface area contributed by atoms with Gasteiger partial charge in [0, 0.05) is 30.4 Å². The van der Waals surface area contributed by atoms with E-state index in [1.807, 2.05) is 0 Å². The predicted molar refractivity (Wildman–Crippen MR) is 72.2 cm³/mol. The van der Waals surface area contributed by atoms with Crippen LogP contribution in [-0.2, 0) is 13.2 Å². The SMILES string of the molecule is Fc1ccc(CN(Cn2cc(Cl)cn2)C2CC2)c(F)c1. The summed E-state index contributed by atoms with van der Waals surface area (Å²) in [5, 5.41) is 4.71. The third-order valence-electron chi connectivity index (χ3n) is 3.38. The van der Waals surface area contributed by atoms with Crippen molar-refractivity contribution < 1.29 is 8.78 Å². The average molecular weight is 298 g/mol. The van der Waals surface area contributed by atoms with Crippen LogP contribution in [0.25, 0.3) is 0 Å². The molecule has 0 N–H and O–H groups in total. The molecule has 1 aliphatic carbocycles. The Hall–Kier alpha value is -1.46. The van der Waals surface area contributed by atoms with Crippen LogP contribution in [0.5, 0.6) is 0 Å². The van der Waals surface area contributed by atoms with Gasteiger partial charge in [-0.3, -0.25) is 9.58 Å². The zero-order valence-electron chi connectivity index (χ0n) is 10.8. The van der Waals surface area contributed by atoms with Gasteiger partial charge in [0.2, 0.25) is 0 Å². The summed E-state index contributed by atoms with van der Waals surface area (Å²) in [6.45, 7) is 0.989. The van der Waals surface area contributed by atoms with E-state index in [1.54, 1.807) is 17.1 Å². The molecule has 1 fully saturated rings. The Morgan fingerprint density at radius 1 is 1.35 bits per heavy atom. The second-order valence-electron chi connectivity index (χ2n) is 5.05. The van der Waals surface area contributed by atoms with E-state index in [0.29, 0.717) is 29.8 Å². The zero-order chi connectivity index (χ0) is 14.1. The van der Waals surface area contributed by atoms with Gasteiger partial charge in [-0.2, -0.15) is 5.10 Å². The smallest absolute Gasteiger partial charge is 0.130 e. The summed E-state index contributed by atoms with van der Waals surface area (Å²) in [7, 11) is 0. The van der Waals surface area contributed by atoms with Crippen LogP contribution in [0.15, 0.2) is 30.6 Å². The highest BCUT2D eigenvalue weighted by atomic mass is 35.5. The van der Waals surface area contributed by atoms with Gasteiger partial charge in [-0.15, -0.1) is 0 Å². The van der Waals surface area contributed by atoms with Crippen molar-refractivity contribution in [2.24, 2.45) is 0 Å². The van der Waals surface area contributed by atoms with Crippen LogP contribution in [0.2, 0.25) is 5.02 Å². The molecular formula is C14H14ClF2N3. The molecule has 0 radical (unpaired) electrons. The maximum absolute atomic E-state index is 13.7. The lowest BCUT2D eigenvalue weighted by atomic mass is 10.2. The molecule has 0 bridgehead atoms. The molecule has 0 atom stereocenters. The molecule has 3 rings (SSSR count). The molecule has 1 saturated carbocycles. The van der Waals surface area contributed by atoms with Crippen molar-refractivity contribution in [3.05, 3.63) is 52.8 Å². The highest BCUT2D eigenvalue weighted by molar-refractivity contribution is 6.30. The molecular weight excluding hydrogens is 284 g/mol. The summed E-state index contributed by atoms with van der Waals surface area (Å²) in [5.41, 5.74) is 0.497. The molecule has 1 heterocycles. The standard InChI is InChI=1S/C14H14ClF2N3/c15-11-6-18-20(8-11)9-19(13-3-4-13)7-10-1-2-12(16)5-14(10)17/h1-2,5-6,8,13H,3-4,7,9H2. The van der Waals surface area contributed by atoms with E-state index in [9.17, 15) is 8.78 Å². The summed E-state index contributed by atoms with van der Waals surface area (Å²) >= 11 is 5.84. The van der Waals surface area contributed by atoms with Crippen LogP contribution in [0.4, 0.5) is 8.78 Å². The summed E-state index contributed by atoms with van der Waals surface area (Å²) < 4.78 is 28.4. The molecule has 0 aliphatic heterocycles. The summed E-state index contributed by atoms with van der Waals surface area (Å²) in [4.78, 5) is 2.12. The van der Waals surface area contributed by atoms with E-state index in [1.165, 1.54) is 12.1 Å². The molecule has 3 nitrogen and oxygen atoms in total. The van der Waals surface area contributed by atoms with Crippen molar-refractivity contribution in [3.8, 4) is 0 Å². The number of halogens is 3. The van der Waals surface area contributed by atoms with Crippen LogP contribution in [-0.4, -0.2) is 20.7 Å². The fraction of sp³-hybridized carbons (Fsp3) is 0.357. The Balaban J connectivity index is 1.74. The average Bonchev–Trinajstić information content (AvgIpc) is 3.16. The van der Waals surface area contributed by atoms with Gasteiger partial charge in [0.05, 0.1) is 17.9 Å². The highest BCUT2D eigenvalue weighted by Gasteiger charge is 2.29. The lowest BCUT2D eigenvalue weighted by molar-refractivity contribution is 0.186. The first-order valence-electron chi connectivity index (χ1n) is 6.48. The fourth-order valence-electron chi connectivity index (χ4n) is 2.20. The third kappa shape index (κ3) is 3.16. The minimum absolute atomic E-state index is 0.433.